The van der Waals surface area contributed by atoms with Crippen molar-refractivity contribution >= 4 is 11.6 Å². The van der Waals surface area contributed by atoms with Crippen molar-refractivity contribution in [3.8, 4) is 5.75 Å². The molecule has 0 spiro atoms. The van der Waals surface area contributed by atoms with Gasteiger partial charge in [0.15, 0.2) is 0 Å². The van der Waals surface area contributed by atoms with Crippen molar-refractivity contribution in [3.63, 3.8) is 0 Å². The molecule has 0 amide bonds. The maximum absolute atomic E-state index is 12.4. The molecule has 118 valence electrons. The first-order chi connectivity index (χ1) is 10.0. The molecule has 0 aliphatic carbocycles. The van der Waals surface area contributed by atoms with Gasteiger partial charge in [0.05, 0.1) is 12.7 Å². The highest BCUT2D eigenvalue weighted by Gasteiger charge is 2.17. The summed E-state index contributed by atoms with van der Waals surface area (Å²) in [4.78, 5) is 2.20. The molecular formula is C14H19ClF2N2O2. The summed E-state index contributed by atoms with van der Waals surface area (Å²) >= 11 is 5.90. The third-order valence-corrected chi connectivity index (χ3v) is 3.50. The molecule has 0 bridgehead atoms. The summed E-state index contributed by atoms with van der Waals surface area (Å²) in [5, 5.41) is 3.69. The van der Waals surface area contributed by atoms with Crippen molar-refractivity contribution in [1.82, 2.24) is 10.2 Å². The van der Waals surface area contributed by atoms with E-state index in [0.29, 0.717) is 30.3 Å². The van der Waals surface area contributed by atoms with Crippen LogP contribution in [0.5, 0.6) is 5.75 Å². The lowest BCUT2D eigenvalue weighted by Gasteiger charge is -2.30. The van der Waals surface area contributed by atoms with E-state index in [4.69, 9.17) is 16.3 Å². The molecule has 0 saturated carbocycles. The van der Waals surface area contributed by atoms with Crippen LogP contribution in [0.1, 0.15) is 5.56 Å². The Morgan fingerprint density at radius 2 is 2.33 bits per heavy atom. The van der Waals surface area contributed by atoms with Crippen LogP contribution >= 0.6 is 11.6 Å². The number of morpholine rings is 1. The Balaban J connectivity index is 1.88. The van der Waals surface area contributed by atoms with Crippen LogP contribution in [0.15, 0.2) is 18.2 Å². The van der Waals surface area contributed by atoms with E-state index in [1.54, 1.807) is 6.07 Å². The van der Waals surface area contributed by atoms with Gasteiger partial charge < -0.3 is 19.7 Å². The smallest absolute Gasteiger partial charge is 0.387 e. The molecular weight excluding hydrogens is 302 g/mol. The minimum Gasteiger partial charge on any atom is -0.434 e. The quantitative estimate of drug-likeness (QED) is 0.872. The van der Waals surface area contributed by atoms with Crippen LogP contribution in [0.2, 0.25) is 5.02 Å². The minimum absolute atomic E-state index is 0.0994. The number of rotatable bonds is 6. The van der Waals surface area contributed by atoms with Gasteiger partial charge in [0, 0.05) is 36.8 Å². The summed E-state index contributed by atoms with van der Waals surface area (Å²) in [6.07, 6.45) is 0.0994. The summed E-state index contributed by atoms with van der Waals surface area (Å²) in [5.41, 5.74) is 0.604. The van der Waals surface area contributed by atoms with E-state index in [2.05, 4.69) is 15.0 Å². The number of hydrogen-bond acceptors (Lipinski definition) is 4. The highest BCUT2D eigenvalue weighted by molar-refractivity contribution is 6.30. The molecule has 2 rings (SSSR count). The third kappa shape index (κ3) is 5.39. The van der Waals surface area contributed by atoms with E-state index >= 15 is 0 Å². The Morgan fingerprint density at radius 1 is 1.52 bits per heavy atom. The highest BCUT2D eigenvalue weighted by atomic mass is 35.5. The Labute approximate surface area is 128 Å². The molecule has 1 heterocycles. The van der Waals surface area contributed by atoms with Gasteiger partial charge in [-0.15, -0.1) is 0 Å². The number of hydrogen-bond donors (Lipinski definition) is 1. The molecule has 1 aliphatic rings. The standard InChI is InChI=1S/C14H19ClF2N2O2/c1-19-4-5-20-12(9-19)8-18-7-10-6-11(15)2-3-13(10)21-14(16)17/h2-3,6,12,14,18H,4-5,7-9H2,1H3. The van der Waals surface area contributed by atoms with Crippen LogP contribution in [0.4, 0.5) is 8.78 Å². The van der Waals surface area contributed by atoms with Gasteiger partial charge in [-0.3, -0.25) is 0 Å². The molecule has 21 heavy (non-hydrogen) atoms. The van der Waals surface area contributed by atoms with Crippen LogP contribution in [-0.2, 0) is 11.3 Å². The average molecular weight is 321 g/mol. The maximum Gasteiger partial charge on any atom is 0.387 e. The number of nitrogens with one attached hydrogen (secondary N) is 1. The summed E-state index contributed by atoms with van der Waals surface area (Å²) in [6.45, 7) is 0.678. The van der Waals surface area contributed by atoms with E-state index in [-0.39, 0.29) is 11.9 Å². The Bertz CT molecular complexity index is 463. The molecule has 1 aliphatic heterocycles. The van der Waals surface area contributed by atoms with Crippen LogP contribution in [-0.4, -0.2) is 50.9 Å². The van der Waals surface area contributed by atoms with E-state index in [9.17, 15) is 8.78 Å². The number of halogens is 3. The monoisotopic (exact) mass is 320 g/mol. The zero-order valence-electron chi connectivity index (χ0n) is 11.8. The molecule has 0 aromatic heterocycles. The summed E-state index contributed by atoms with van der Waals surface area (Å²) in [5.74, 6) is 0.142. The first-order valence-electron chi connectivity index (χ1n) is 6.78. The fourth-order valence-electron chi connectivity index (χ4n) is 2.26. The molecule has 1 aromatic carbocycles. The van der Waals surface area contributed by atoms with Crippen molar-refractivity contribution < 1.29 is 18.3 Å². The molecule has 4 nitrogen and oxygen atoms in total. The molecule has 1 N–H and O–H groups in total. The SMILES string of the molecule is CN1CCOC(CNCc2cc(Cl)ccc2OC(F)F)C1. The second-order valence-corrected chi connectivity index (χ2v) is 5.45. The lowest BCUT2D eigenvalue weighted by Crippen LogP contribution is -2.44. The van der Waals surface area contributed by atoms with Crippen molar-refractivity contribution in [2.45, 2.75) is 19.3 Å². The number of ether oxygens (including phenoxy) is 2. The number of likely N-dealkylation sites (N-methyl/N-ethyl adjacent to an activating group) is 1. The summed E-state index contributed by atoms with van der Waals surface area (Å²) in [7, 11) is 2.04. The van der Waals surface area contributed by atoms with Gasteiger partial charge in [-0.25, -0.2) is 0 Å². The van der Waals surface area contributed by atoms with Crippen molar-refractivity contribution in [3.05, 3.63) is 28.8 Å². The first-order valence-corrected chi connectivity index (χ1v) is 7.16. The number of alkyl halides is 2. The van der Waals surface area contributed by atoms with Gasteiger partial charge in [0.1, 0.15) is 5.75 Å². The largest absolute Gasteiger partial charge is 0.434 e. The highest BCUT2D eigenvalue weighted by Crippen LogP contribution is 2.24. The van der Waals surface area contributed by atoms with Crippen molar-refractivity contribution in [2.75, 3.05) is 33.3 Å². The number of nitrogens with zero attached hydrogens (tertiary/aromatic N) is 1. The molecule has 1 aromatic rings. The first kappa shape index (κ1) is 16.4. The van der Waals surface area contributed by atoms with E-state index in [0.717, 1.165) is 13.1 Å². The number of benzene rings is 1. The van der Waals surface area contributed by atoms with Crippen LogP contribution in [0.25, 0.3) is 0 Å². The van der Waals surface area contributed by atoms with Crippen LogP contribution in [0, 0.1) is 0 Å². The van der Waals surface area contributed by atoms with E-state index in [1.165, 1.54) is 12.1 Å². The molecule has 0 radical (unpaired) electrons. The predicted octanol–water partition coefficient (Wildman–Crippen LogP) is 2.36. The van der Waals surface area contributed by atoms with Gasteiger partial charge in [0.2, 0.25) is 0 Å². The Kier molecular flexibility index (Phi) is 6.17. The normalized spacial score (nSPS) is 20.0. The van der Waals surface area contributed by atoms with Crippen LogP contribution < -0.4 is 10.1 Å². The average Bonchev–Trinajstić information content (AvgIpc) is 2.41. The summed E-state index contributed by atoms with van der Waals surface area (Å²) < 4.78 is 34.8. The topological polar surface area (TPSA) is 33.7 Å². The molecule has 1 unspecified atom stereocenters. The van der Waals surface area contributed by atoms with Gasteiger partial charge in [-0.2, -0.15) is 8.78 Å². The fraction of sp³-hybridized carbons (Fsp3) is 0.571. The third-order valence-electron chi connectivity index (χ3n) is 3.27. The van der Waals surface area contributed by atoms with E-state index < -0.39 is 6.61 Å². The van der Waals surface area contributed by atoms with Gasteiger partial charge >= 0.3 is 6.61 Å². The predicted molar refractivity (Wildman–Crippen MR) is 77.0 cm³/mol. The maximum atomic E-state index is 12.4. The molecule has 7 heteroatoms. The Hall–Kier alpha value is -0.950. The minimum atomic E-state index is -2.85. The summed E-state index contributed by atoms with van der Waals surface area (Å²) in [6, 6.07) is 4.61. The molecule has 1 saturated heterocycles. The lowest BCUT2D eigenvalue weighted by molar-refractivity contribution is -0.0506. The van der Waals surface area contributed by atoms with Gasteiger partial charge in [-0.1, -0.05) is 11.6 Å². The molecule has 1 atom stereocenters. The second-order valence-electron chi connectivity index (χ2n) is 5.02. The fourth-order valence-corrected chi connectivity index (χ4v) is 2.45. The molecule has 1 fully saturated rings. The van der Waals surface area contributed by atoms with Gasteiger partial charge in [-0.05, 0) is 25.2 Å². The van der Waals surface area contributed by atoms with Crippen LogP contribution in [0.3, 0.4) is 0 Å². The lowest BCUT2D eigenvalue weighted by atomic mass is 10.2. The van der Waals surface area contributed by atoms with Crippen molar-refractivity contribution in [1.29, 1.82) is 0 Å². The van der Waals surface area contributed by atoms with E-state index in [1.807, 2.05) is 7.05 Å². The van der Waals surface area contributed by atoms with Crippen molar-refractivity contribution in [2.24, 2.45) is 0 Å². The zero-order valence-corrected chi connectivity index (χ0v) is 12.6. The van der Waals surface area contributed by atoms with Gasteiger partial charge in [0.25, 0.3) is 0 Å². The zero-order chi connectivity index (χ0) is 15.2. The Morgan fingerprint density at radius 3 is 3.05 bits per heavy atom. The second kappa shape index (κ2) is 7.89.